The molecule has 0 saturated carbocycles. The minimum Gasteiger partial charge on any atom is -0.366 e. The molecule has 0 saturated heterocycles. The summed E-state index contributed by atoms with van der Waals surface area (Å²) in [5.41, 5.74) is -0.302. The summed E-state index contributed by atoms with van der Waals surface area (Å²) in [4.78, 5) is 11.3. The van der Waals surface area contributed by atoms with Crippen LogP contribution in [0.4, 0.5) is 5.00 Å². The van der Waals surface area contributed by atoms with E-state index in [9.17, 15) is 4.79 Å². The van der Waals surface area contributed by atoms with Gasteiger partial charge in [0.05, 0.1) is 11.8 Å². The molecule has 0 unspecified atom stereocenters. The van der Waals surface area contributed by atoms with Crippen molar-refractivity contribution in [2.24, 2.45) is 0 Å². The van der Waals surface area contributed by atoms with Gasteiger partial charge in [0.15, 0.2) is 0 Å². The predicted octanol–water partition coefficient (Wildman–Crippen LogP) is 1.29. The first-order valence-electron chi connectivity index (χ1n) is 4.18. The molecule has 1 rings (SSSR count). The van der Waals surface area contributed by atoms with Gasteiger partial charge in [-0.25, -0.2) is 0 Å². The van der Waals surface area contributed by atoms with Crippen molar-refractivity contribution in [2.45, 2.75) is 26.4 Å². The fourth-order valence-electron chi connectivity index (χ4n) is 0.678. The van der Waals surface area contributed by atoms with Crippen LogP contribution in [-0.2, 0) is 9.53 Å². The topological polar surface area (TPSA) is 64.1 Å². The van der Waals surface area contributed by atoms with E-state index in [1.54, 1.807) is 0 Å². The van der Waals surface area contributed by atoms with Crippen LogP contribution in [-0.4, -0.2) is 27.7 Å². The van der Waals surface area contributed by atoms with Gasteiger partial charge in [-0.05, 0) is 20.8 Å². The van der Waals surface area contributed by atoms with Gasteiger partial charge in [-0.3, -0.25) is 4.79 Å². The maximum absolute atomic E-state index is 11.3. The number of aromatic nitrogens is 2. The molecule has 78 valence electrons. The van der Waals surface area contributed by atoms with E-state index in [-0.39, 0.29) is 18.1 Å². The zero-order chi connectivity index (χ0) is 10.6. The van der Waals surface area contributed by atoms with Gasteiger partial charge in [-0.2, -0.15) is 0 Å². The first-order chi connectivity index (χ1) is 6.47. The average Bonchev–Trinajstić information content (AvgIpc) is 2.52. The Morgan fingerprint density at radius 2 is 2.36 bits per heavy atom. The van der Waals surface area contributed by atoms with Crippen LogP contribution in [0, 0.1) is 0 Å². The monoisotopic (exact) mass is 215 g/mol. The number of hydrogen-bond donors (Lipinski definition) is 1. The molecule has 0 spiro atoms. The van der Waals surface area contributed by atoms with Crippen molar-refractivity contribution < 1.29 is 9.53 Å². The van der Waals surface area contributed by atoms with Crippen molar-refractivity contribution in [2.75, 3.05) is 11.9 Å². The molecule has 1 amide bonds. The van der Waals surface area contributed by atoms with Crippen LogP contribution in [0.5, 0.6) is 0 Å². The van der Waals surface area contributed by atoms with E-state index in [1.165, 1.54) is 6.20 Å². The molecule has 0 radical (unpaired) electrons. The number of ether oxygens (including phenoxy) is 1. The second kappa shape index (κ2) is 4.47. The quantitative estimate of drug-likeness (QED) is 0.825. The van der Waals surface area contributed by atoms with Crippen LogP contribution in [0.1, 0.15) is 20.8 Å². The molecule has 14 heavy (non-hydrogen) atoms. The summed E-state index contributed by atoms with van der Waals surface area (Å²) >= 11 is 1.14. The largest absolute Gasteiger partial charge is 0.366 e. The number of amides is 1. The molecule has 0 aliphatic heterocycles. The van der Waals surface area contributed by atoms with Crippen LogP contribution in [0.15, 0.2) is 6.20 Å². The molecule has 0 bridgehead atoms. The summed E-state index contributed by atoms with van der Waals surface area (Å²) in [6.45, 7) is 5.74. The Bertz CT molecular complexity index is 292. The molecule has 5 nitrogen and oxygen atoms in total. The third-order valence-corrected chi connectivity index (χ3v) is 1.84. The lowest BCUT2D eigenvalue weighted by atomic mass is 10.2. The van der Waals surface area contributed by atoms with Gasteiger partial charge >= 0.3 is 0 Å². The van der Waals surface area contributed by atoms with E-state index in [0.29, 0.717) is 5.00 Å². The van der Waals surface area contributed by atoms with Crippen LogP contribution in [0.2, 0.25) is 0 Å². The van der Waals surface area contributed by atoms with Crippen LogP contribution in [0.25, 0.3) is 0 Å². The van der Waals surface area contributed by atoms with Crippen LogP contribution >= 0.6 is 11.5 Å². The highest BCUT2D eigenvalue weighted by molar-refractivity contribution is 7.10. The van der Waals surface area contributed by atoms with E-state index in [1.807, 2.05) is 20.8 Å². The third-order valence-electron chi connectivity index (χ3n) is 1.26. The molecule has 6 heteroatoms. The molecule has 1 N–H and O–H groups in total. The van der Waals surface area contributed by atoms with Gasteiger partial charge in [-0.15, -0.1) is 5.10 Å². The number of nitrogens with zero attached hydrogens (tertiary/aromatic N) is 2. The van der Waals surface area contributed by atoms with E-state index < -0.39 is 0 Å². The molecule has 0 fully saturated rings. The number of carbonyl (C=O) groups is 1. The second-order valence-corrected chi connectivity index (χ2v) is 4.52. The molecular formula is C8H13N3O2S. The highest BCUT2D eigenvalue weighted by Crippen LogP contribution is 2.10. The second-order valence-electron chi connectivity index (χ2n) is 3.73. The lowest BCUT2D eigenvalue weighted by Crippen LogP contribution is -2.26. The molecule has 1 aromatic rings. The molecule has 0 aromatic carbocycles. The maximum atomic E-state index is 11.3. The normalized spacial score (nSPS) is 11.4. The van der Waals surface area contributed by atoms with Crippen LogP contribution in [0.3, 0.4) is 0 Å². The Balaban J connectivity index is 2.30. The first-order valence-corrected chi connectivity index (χ1v) is 4.96. The summed E-state index contributed by atoms with van der Waals surface area (Å²) in [7, 11) is 0. The number of hydrogen-bond acceptors (Lipinski definition) is 5. The highest BCUT2D eigenvalue weighted by atomic mass is 32.1. The van der Waals surface area contributed by atoms with Gasteiger partial charge in [0.1, 0.15) is 11.6 Å². The van der Waals surface area contributed by atoms with Crippen LogP contribution < -0.4 is 5.32 Å². The Morgan fingerprint density at radius 1 is 1.64 bits per heavy atom. The van der Waals surface area contributed by atoms with Gasteiger partial charge in [0.25, 0.3) is 5.91 Å². The average molecular weight is 215 g/mol. The maximum Gasteiger partial charge on any atom is 0.251 e. The van der Waals surface area contributed by atoms with Crippen molar-refractivity contribution in [1.29, 1.82) is 0 Å². The van der Waals surface area contributed by atoms with Crippen molar-refractivity contribution in [3.8, 4) is 0 Å². The summed E-state index contributed by atoms with van der Waals surface area (Å²) < 4.78 is 8.91. The van der Waals surface area contributed by atoms with E-state index in [0.717, 1.165) is 11.5 Å². The minimum absolute atomic E-state index is 0.0431. The van der Waals surface area contributed by atoms with Gasteiger partial charge in [0, 0.05) is 11.5 Å². The number of nitrogens with one attached hydrogen (secondary N) is 1. The highest BCUT2D eigenvalue weighted by Gasteiger charge is 2.13. The van der Waals surface area contributed by atoms with Crippen molar-refractivity contribution in [3.05, 3.63) is 6.20 Å². The number of carbonyl (C=O) groups excluding carboxylic acids is 1. The zero-order valence-electron chi connectivity index (χ0n) is 8.40. The molecule has 0 aliphatic carbocycles. The lowest BCUT2D eigenvalue weighted by molar-refractivity contribution is -0.125. The molecule has 0 aliphatic rings. The van der Waals surface area contributed by atoms with Crippen molar-refractivity contribution in [1.82, 2.24) is 9.59 Å². The lowest BCUT2D eigenvalue weighted by Gasteiger charge is -2.18. The zero-order valence-corrected chi connectivity index (χ0v) is 9.22. The minimum atomic E-state index is -0.302. The van der Waals surface area contributed by atoms with Gasteiger partial charge in [-0.1, -0.05) is 4.49 Å². The Kier molecular flexibility index (Phi) is 3.54. The van der Waals surface area contributed by atoms with Gasteiger partial charge < -0.3 is 10.1 Å². The first kappa shape index (κ1) is 11.1. The summed E-state index contributed by atoms with van der Waals surface area (Å²) in [6.07, 6.45) is 1.50. The van der Waals surface area contributed by atoms with Crippen molar-refractivity contribution >= 4 is 22.4 Å². The SMILES string of the molecule is CC(C)(C)OCC(=O)Nc1cnns1. The molecular weight excluding hydrogens is 202 g/mol. The summed E-state index contributed by atoms with van der Waals surface area (Å²) in [5.74, 6) is -0.189. The fourth-order valence-corrected chi connectivity index (χ4v) is 1.11. The fraction of sp³-hybridized carbons (Fsp3) is 0.625. The Hall–Kier alpha value is -1.01. The summed E-state index contributed by atoms with van der Waals surface area (Å²) in [5, 5.41) is 6.85. The Labute approximate surface area is 86.6 Å². The molecule has 0 atom stereocenters. The van der Waals surface area contributed by atoms with Crippen molar-refractivity contribution in [3.63, 3.8) is 0 Å². The number of anilines is 1. The van der Waals surface area contributed by atoms with E-state index in [4.69, 9.17) is 4.74 Å². The Morgan fingerprint density at radius 3 is 2.86 bits per heavy atom. The van der Waals surface area contributed by atoms with E-state index in [2.05, 4.69) is 14.9 Å². The predicted molar refractivity (Wildman–Crippen MR) is 54.2 cm³/mol. The molecule has 1 aromatic heterocycles. The van der Waals surface area contributed by atoms with Gasteiger partial charge in [0.2, 0.25) is 0 Å². The number of rotatable bonds is 3. The summed E-state index contributed by atoms with van der Waals surface area (Å²) in [6, 6.07) is 0. The molecule has 1 heterocycles. The standard InChI is InChI=1S/C8H13N3O2S/c1-8(2,3)13-5-6(12)10-7-4-9-11-14-7/h4H,5H2,1-3H3,(H,10,12). The smallest absolute Gasteiger partial charge is 0.251 e. The third kappa shape index (κ3) is 4.29. The van der Waals surface area contributed by atoms with E-state index >= 15 is 0 Å².